The van der Waals surface area contributed by atoms with Crippen molar-refractivity contribution in [1.29, 1.82) is 0 Å². The van der Waals surface area contributed by atoms with E-state index in [9.17, 15) is 13.9 Å². The van der Waals surface area contributed by atoms with Gasteiger partial charge in [0.05, 0.1) is 5.69 Å². The van der Waals surface area contributed by atoms with Gasteiger partial charge in [-0.15, -0.1) is 0 Å². The monoisotopic (exact) mass is 294 g/mol. The van der Waals surface area contributed by atoms with Crippen molar-refractivity contribution in [2.75, 3.05) is 0 Å². The molecule has 1 aromatic carbocycles. The third-order valence-corrected chi connectivity index (χ3v) is 3.46. The van der Waals surface area contributed by atoms with Crippen molar-refractivity contribution in [3.05, 3.63) is 52.3 Å². The molecule has 0 aliphatic heterocycles. The molecule has 1 N–H and O–H groups in total. The highest BCUT2D eigenvalue weighted by Gasteiger charge is 2.28. The van der Waals surface area contributed by atoms with E-state index in [2.05, 4.69) is 5.10 Å². The fraction of sp³-hybridized carbons (Fsp3) is 0.438. The van der Waals surface area contributed by atoms with Gasteiger partial charge in [0.15, 0.2) is 11.6 Å². The number of benzene rings is 1. The zero-order valence-corrected chi connectivity index (χ0v) is 12.9. The van der Waals surface area contributed by atoms with Crippen LogP contribution in [0.15, 0.2) is 18.3 Å². The molecule has 1 heterocycles. The van der Waals surface area contributed by atoms with E-state index in [1.165, 1.54) is 19.1 Å². The summed E-state index contributed by atoms with van der Waals surface area (Å²) in [6.07, 6.45) is 0.394. The molecule has 0 aliphatic carbocycles. The second-order valence-electron chi connectivity index (χ2n) is 6.36. The van der Waals surface area contributed by atoms with Crippen LogP contribution in [0, 0.1) is 18.6 Å². The lowest BCUT2D eigenvalue weighted by atomic mass is 9.86. The normalized spacial score (nSPS) is 13.5. The average Bonchev–Trinajstić information content (AvgIpc) is 2.78. The molecule has 1 atom stereocenters. The first-order valence-corrected chi connectivity index (χ1v) is 6.79. The smallest absolute Gasteiger partial charge is 0.165 e. The van der Waals surface area contributed by atoms with Gasteiger partial charge in [0, 0.05) is 29.8 Å². The fourth-order valence-corrected chi connectivity index (χ4v) is 2.33. The lowest BCUT2D eigenvalue weighted by Crippen LogP contribution is -2.17. The number of aryl methyl sites for hydroxylation is 2. The lowest BCUT2D eigenvalue weighted by Gasteiger charge is -2.20. The Morgan fingerprint density at radius 3 is 2.33 bits per heavy atom. The van der Waals surface area contributed by atoms with Gasteiger partial charge in [0.2, 0.25) is 0 Å². The Labute approximate surface area is 123 Å². The van der Waals surface area contributed by atoms with Crippen LogP contribution in [0.1, 0.15) is 49.3 Å². The van der Waals surface area contributed by atoms with Crippen molar-refractivity contribution in [1.82, 2.24) is 9.78 Å². The molecule has 3 nitrogen and oxygen atoms in total. The van der Waals surface area contributed by atoms with E-state index in [0.717, 1.165) is 0 Å². The predicted molar refractivity (Wildman–Crippen MR) is 77.1 cm³/mol. The predicted octanol–water partition coefficient (Wildman–Crippen LogP) is 3.39. The third kappa shape index (κ3) is 2.83. The standard InChI is InChI=1S/C16H20F2N2O/c1-9-6-7-10(13(18)12(9)17)14(21)11-8-20(5)19-15(11)16(2,3)4/h6-8,14,21H,1-5H3. The number of hydrogen-bond acceptors (Lipinski definition) is 2. The lowest BCUT2D eigenvalue weighted by molar-refractivity contribution is 0.210. The molecule has 21 heavy (non-hydrogen) atoms. The fourth-order valence-electron chi connectivity index (χ4n) is 2.33. The molecule has 5 heteroatoms. The summed E-state index contributed by atoms with van der Waals surface area (Å²) < 4.78 is 29.3. The van der Waals surface area contributed by atoms with Crippen LogP contribution in [0.25, 0.3) is 0 Å². The van der Waals surface area contributed by atoms with E-state index >= 15 is 0 Å². The van der Waals surface area contributed by atoms with Crippen LogP contribution in [-0.2, 0) is 12.5 Å². The van der Waals surface area contributed by atoms with Crippen LogP contribution in [0.3, 0.4) is 0 Å². The Morgan fingerprint density at radius 1 is 1.14 bits per heavy atom. The van der Waals surface area contributed by atoms with Crippen LogP contribution in [-0.4, -0.2) is 14.9 Å². The minimum absolute atomic E-state index is 0.0726. The van der Waals surface area contributed by atoms with Gasteiger partial charge < -0.3 is 5.11 Å². The molecule has 0 fully saturated rings. The highest BCUT2D eigenvalue weighted by Crippen LogP contribution is 2.33. The van der Waals surface area contributed by atoms with E-state index in [1.807, 2.05) is 20.8 Å². The Kier molecular flexibility index (Phi) is 3.89. The summed E-state index contributed by atoms with van der Waals surface area (Å²) in [5.41, 5.74) is 0.990. The minimum atomic E-state index is -1.25. The maximum Gasteiger partial charge on any atom is 0.165 e. The maximum atomic E-state index is 14.1. The number of halogens is 2. The molecule has 0 bridgehead atoms. The molecule has 114 valence electrons. The Morgan fingerprint density at radius 2 is 1.76 bits per heavy atom. The van der Waals surface area contributed by atoms with Crippen molar-refractivity contribution in [2.24, 2.45) is 7.05 Å². The average molecular weight is 294 g/mol. The molecule has 0 amide bonds. The molecular weight excluding hydrogens is 274 g/mol. The maximum absolute atomic E-state index is 14.1. The van der Waals surface area contributed by atoms with Crippen molar-refractivity contribution >= 4 is 0 Å². The molecule has 0 aliphatic rings. The quantitative estimate of drug-likeness (QED) is 0.922. The summed E-state index contributed by atoms with van der Waals surface area (Å²) in [5, 5.41) is 14.8. The van der Waals surface area contributed by atoms with Crippen molar-refractivity contribution in [2.45, 2.75) is 39.2 Å². The van der Waals surface area contributed by atoms with Gasteiger partial charge >= 0.3 is 0 Å². The second kappa shape index (κ2) is 5.22. The van der Waals surface area contributed by atoms with Crippen molar-refractivity contribution in [3.63, 3.8) is 0 Å². The number of aromatic nitrogens is 2. The zero-order chi connectivity index (χ0) is 15.9. The summed E-state index contributed by atoms with van der Waals surface area (Å²) in [5.74, 6) is -1.93. The van der Waals surface area contributed by atoms with Crippen LogP contribution in [0.4, 0.5) is 8.78 Å². The summed E-state index contributed by atoms with van der Waals surface area (Å²) in [4.78, 5) is 0. The molecule has 2 aromatic rings. The molecule has 0 radical (unpaired) electrons. The molecule has 1 unspecified atom stereocenters. The largest absolute Gasteiger partial charge is 0.383 e. The second-order valence-corrected chi connectivity index (χ2v) is 6.36. The Bertz CT molecular complexity index is 672. The molecule has 0 saturated carbocycles. The van der Waals surface area contributed by atoms with E-state index < -0.39 is 17.7 Å². The number of nitrogens with zero attached hydrogens (tertiary/aromatic N) is 2. The molecule has 1 aromatic heterocycles. The van der Waals surface area contributed by atoms with Crippen LogP contribution >= 0.6 is 0 Å². The number of aliphatic hydroxyl groups excluding tert-OH is 1. The van der Waals surface area contributed by atoms with Crippen LogP contribution < -0.4 is 0 Å². The molecule has 0 saturated heterocycles. The van der Waals surface area contributed by atoms with Gasteiger partial charge in [-0.25, -0.2) is 8.78 Å². The van der Waals surface area contributed by atoms with Gasteiger partial charge in [-0.05, 0) is 12.5 Å². The first kappa shape index (κ1) is 15.6. The van der Waals surface area contributed by atoms with Crippen LogP contribution in [0.5, 0.6) is 0 Å². The van der Waals surface area contributed by atoms with Crippen molar-refractivity contribution < 1.29 is 13.9 Å². The summed E-state index contributed by atoms with van der Waals surface area (Å²) in [6, 6.07) is 2.88. The van der Waals surface area contributed by atoms with Gasteiger partial charge in [0.1, 0.15) is 6.10 Å². The van der Waals surface area contributed by atoms with Gasteiger partial charge in [-0.2, -0.15) is 5.10 Å². The van der Waals surface area contributed by atoms with E-state index in [4.69, 9.17) is 0 Å². The Balaban J connectivity index is 2.56. The summed E-state index contributed by atoms with van der Waals surface area (Å²) >= 11 is 0. The topological polar surface area (TPSA) is 38.0 Å². The SMILES string of the molecule is Cc1ccc(C(O)c2cn(C)nc2C(C)(C)C)c(F)c1F. The van der Waals surface area contributed by atoms with Gasteiger partial charge in [-0.3, -0.25) is 4.68 Å². The molecule has 2 rings (SSSR count). The third-order valence-electron chi connectivity index (χ3n) is 3.46. The van der Waals surface area contributed by atoms with E-state index in [1.54, 1.807) is 17.9 Å². The highest BCUT2D eigenvalue weighted by molar-refractivity contribution is 5.36. The van der Waals surface area contributed by atoms with Gasteiger partial charge in [-0.1, -0.05) is 32.9 Å². The molecule has 0 spiro atoms. The summed E-state index contributed by atoms with van der Waals surface area (Å²) in [7, 11) is 1.73. The van der Waals surface area contributed by atoms with E-state index in [-0.39, 0.29) is 16.5 Å². The molecular formula is C16H20F2N2O. The first-order chi connectivity index (χ1) is 9.62. The van der Waals surface area contributed by atoms with Crippen molar-refractivity contribution in [3.8, 4) is 0 Å². The Hall–Kier alpha value is -1.75. The zero-order valence-electron chi connectivity index (χ0n) is 12.9. The highest BCUT2D eigenvalue weighted by atomic mass is 19.2. The first-order valence-electron chi connectivity index (χ1n) is 6.79. The minimum Gasteiger partial charge on any atom is -0.383 e. The van der Waals surface area contributed by atoms with E-state index in [0.29, 0.717) is 11.3 Å². The summed E-state index contributed by atoms with van der Waals surface area (Å²) in [6.45, 7) is 7.35. The van der Waals surface area contributed by atoms with Crippen LogP contribution in [0.2, 0.25) is 0 Å². The number of rotatable bonds is 2. The number of aliphatic hydroxyl groups is 1. The van der Waals surface area contributed by atoms with Gasteiger partial charge in [0.25, 0.3) is 0 Å². The number of hydrogen-bond donors (Lipinski definition) is 1.